The van der Waals surface area contributed by atoms with E-state index in [-0.39, 0.29) is 0 Å². The van der Waals surface area contributed by atoms with E-state index in [1.54, 1.807) is 19.5 Å². The Morgan fingerprint density at radius 1 is 1.18 bits per heavy atom. The lowest BCUT2D eigenvalue weighted by molar-refractivity contribution is 0.142. The fourth-order valence-corrected chi connectivity index (χ4v) is 3.72. The number of carbonyl (C=O) groups is 1. The quantitative estimate of drug-likeness (QED) is 0.723. The van der Waals surface area contributed by atoms with Crippen molar-refractivity contribution in [2.75, 3.05) is 38.2 Å². The maximum atomic E-state index is 11.1. The highest BCUT2D eigenvalue weighted by Gasteiger charge is 2.24. The van der Waals surface area contributed by atoms with Crippen LogP contribution in [0.1, 0.15) is 5.56 Å². The first-order chi connectivity index (χ1) is 13.6. The molecule has 1 aliphatic rings. The average Bonchev–Trinajstić information content (AvgIpc) is 3.11. The van der Waals surface area contributed by atoms with E-state index in [1.807, 2.05) is 28.9 Å². The second-order valence-corrected chi connectivity index (χ2v) is 7.01. The van der Waals surface area contributed by atoms with Crippen LogP contribution in [0.5, 0.6) is 5.75 Å². The van der Waals surface area contributed by atoms with E-state index in [9.17, 15) is 4.79 Å². The fourth-order valence-electron chi connectivity index (χ4n) is 3.45. The lowest BCUT2D eigenvalue weighted by Crippen LogP contribution is -2.48. The van der Waals surface area contributed by atoms with Crippen LogP contribution in [-0.4, -0.2) is 64.2 Å². The smallest absolute Gasteiger partial charge is 0.407 e. The van der Waals surface area contributed by atoms with E-state index in [0.29, 0.717) is 37.7 Å². The summed E-state index contributed by atoms with van der Waals surface area (Å²) in [6.07, 6.45) is 2.52. The number of anilines is 1. The number of aromatic nitrogens is 3. The van der Waals surface area contributed by atoms with Gasteiger partial charge in [0.1, 0.15) is 5.75 Å². The first-order valence-corrected chi connectivity index (χ1v) is 9.30. The van der Waals surface area contributed by atoms with Gasteiger partial charge < -0.3 is 19.6 Å². The topological polar surface area (TPSA) is 83.7 Å². The molecule has 1 amide bonds. The molecule has 0 atom stereocenters. The zero-order chi connectivity index (χ0) is 19.7. The molecule has 8 nitrogen and oxygen atoms in total. The van der Waals surface area contributed by atoms with Crippen molar-refractivity contribution >= 4 is 34.4 Å². The molecule has 28 heavy (non-hydrogen) atoms. The first-order valence-electron chi connectivity index (χ1n) is 8.92. The van der Waals surface area contributed by atoms with Gasteiger partial charge in [-0.1, -0.05) is 23.7 Å². The Balaban J connectivity index is 1.62. The number of ether oxygens (including phenoxy) is 1. The number of benzene rings is 1. The Labute approximate surface area is 166 Å². The van der Waals surface area contributed by atoms with Crippen LogP contribution in [0.2, 0.25) is 5.02 Å². The van der Waals surface area contributed by atoms with Crippen LogP contribution in [0.15, 0.2) is 36.7 Å². The van der Waals surface area contributed by atoms with Crippen LogP contribution in [0.4, 0.5) is 10.5 Å². The van der Waals surface area contributed by atoms with Crippen molar-refractivity contribution in [1.82, 2.24) is 19.7 Å². The monoisotopic (exact) mass is 401 g/mol. The van der Waals surface area contributed by atoms with E-state index in [0.717, 1.165) is 28.0 Å². The number of rotatable bonds is 4. The normalized spacial score (nSPS) is 14.5. The van der Waals surface area contributed by atoms with Crippen LogP contribution >= 0.6 is 11.6 Å². The summed E-state index contributed by atoms with van der Waals surface area (Å²) in [6, 6.07) is 7.82. The molecule has 1 saturated heterocycles. The van der Waals surface area contributed by atoms with Gasteiger partial charge in [0.25, 0.3) is 0 Å². The molecule has 3 aromatic rings. The Morgan fingerprint density at radius 2 is 1.89 bits per heavy atom. The van der Waals surface area contributed by atoms with E-state index in [2.05, 4.69) is 15.0 Å². The number of halogens is 1. The van der Waals surface area contributed by atoms with E-state index in [1.165, 1.54) is 4.90 Å². The molecule has 0 saturated carbocycles. The molecule has 1 N–H and O–H groups in total. The zero-order valence-electron chi connectivity index (χ0n) is 15.4. The van der Waals surface area contributed by atoms with Crippen LogP contribution in [0, 0.1) is 0 Å². The van der Waals surface area contributed by atoms with Gasteiger partial charge in [0.2, 0.25) is 0 Å². The second kappa shape index (κ2) is 7.55. The Morgan fingerprint density at radius 3 is 2.54 bits per heavy atom. The lowest BCUT2D eigenvalue weighted by atomic mass is 10.2. The van der Waals surface area contributed by atoms with Gasteiger partial charge in [-0.05, 0) is 17.7 Å². The van der Waals surface area contributed by atoms with Crippen molar-refractivity contribution in [3.63, 3.8) is 0 Å². The largest absolute Gasteiger partial charge is 0.497 e. The SMILES string of the molecule is COc1ccc(Cn2ncc3c(N4CCN(C(=O)O)CC4)c(Cl)cnc32)cc1. The number of carboxylic acid groups (broad SMARTS) is 1. The summed E-state index contributed by atoms with van der Waals surface area (Å²) in [5.41, 5.74) is 2.69. The third-order valence-electron chi connectivity index (χ3n) is 4.95. The first kappa shape index (κ1) is 18.4. The zero-order valence-corrected chi connectivity index (χ0v) is 16.1. The van der Waals surface area contributed by atoms with Gasteiger partial charge in [-0.3, -0.25) is 0 Å². The summed E-state index contributed by atoms with van der Waals surface area (Å²) in [7, 11) is 1.64. The molecular formula is C19H20ClN5O3. The minimum absolute atomic E-state index is 0.440. The van der Waals surface area contributed by atoms with Crippen molar-refractivity contribution in [3.05, 3.63) is 47.2 Å². The molecule has 3 heterocycles. The number of amides is 1. The highest BCUT2D eigenvalue weighted by molar-refractivity contribution is 6.34. The molecule has 9 heteroatoms. The summed E-state index contributed by atoms with van der Waals surface area (Å²) < 4.78 is 7.04. The molecule has 146 valence electrons. The number of methoxy groups -OCH3 is 1. The van der Waals surface area contributed by atoms with Crippen molar-refractivity contribution in [3.8, 4) is 5.75 Å². The third kappa shape index (κ3) is 3.43. The predicted octanol–water partition coefficient (Wildman–Crippen LogP) is 2.94. The van der Waals surface area contributed by atoms with E-state index >= 15 is 0 Å². The van der Waals surface area contributed by atoms with E-state index in [4.69, 9.17) is 21.4 Å². The summed E-state index contributed by atoms with van der Waals surface area (Å²) in [6.45, 7) is 2.61. The Bertz CT molecular complexity index is 997. The minimum atomic E-state index is -0.891. The van der Waals surface area contributed by atoms with Gasteiger partial charge in [-0.15, -0.1) is 0 Å². The van der Waals surface area contributed by atoms with Crippen LogP contribution in [0.25, 0.3) is 11.0 Å². The van der Waals surface area contributed by atoms with Crippen molar-refractivity contribution < 1.29 is 14.6 Å². The number of nitrogens with zero attached hydrogens (tertiary/aromatic N) is 5. The molecule has 0 radical (unpaired) electrons. The molecule has 0 bridgehead atoms. The van der Waals surface area contributed by atoms with Crippen LogP contribution in [0.3, 0.4) is 0 Å². The fraction of sp³-hybridized carbons (Fsp3) is 0.316. The van der Waals surface area contributed by atoms with Gasteiger partial charge >= 0.3 is 6.09 Å². The number of piperazine rings is 1. The summed E-state index contributed by atoms with van der Waals surface area (Å²) in [4.78, 5) is 19.1. The van der Waals surface area contributed by atoms with Gasteiger partial charge in [-0.25, -0.2) is 14.5 Å². The molecule has 2 aromatic heterocycles. The summed E-state index contributed by atoms with van der Waals surface area (Å²) >= 11 is 6.45. The maximum absolute atomic E-state index is 11.1. The van der Waals surface area contributed by atoms with Crippen molar-refractivity contribution in [2.24, 2.45) is 0 Å². The second-order valence-electron chi connectivity index (χ2n) is 6.60. The molecule has 4 rings (SSSR count). The van der Waals surface area contributed by atoms with Crippen LogP contribution < -0.4 is 9.64 Å². The van der Waals surface area contributed by atoms with Crippen molar-refractivity contribution in [1.29, 1.82) is 0 Å². The standard InChI is InChI=1S/C19H20ClN5O3/c1-28-14-4-2-13(3-5-14)12-25-18-15(10-22-25)17(16(20)11-21-18)23-6-8-24(9-7-23)19(26)27/h2-5,10-11H,6-9,12H2,1H3,(H,26,27). The highest BCUT2D eigenvalue weighted by atomic mass is 35.5. The van der Waals surface area contributed by atoms with E-state index < -0.39 is 6.09 Å². The maximum Gasteiger partial charge on any atom is 0.407 e. The van der Waals surface area contributed by atoms with Gasteiger partial charge in [0.05, 0.1) is 42.1 Å². The predicted molar refractivity (Wildman–Crippen MR) is 106 cm³/mol. The Hall–Kier alpha value is -3.00. The lowest BCUT2D eigenvalue weighted by Gasteiger charge is -2.35. The Kier molecular flexibility index (Phi) is 4.95. The van der Waals surface area contributed by atoms with Crippen LogP contribution in [-0.2, 0) is 6.54 Å². The van der Waals surface area contributed by atoms with Gasteiger partial charge in [0, 0.05) is 26.2 Å². The summed E-state index contributed by atoms with van der Waals surface area (Å²) in [5, 5.41) is 15.1. The molecule has 1 fully saturated rings. The molecule has 0 aliphatic carbocycles. The molecule has 1 aliphatic heterocycles. The van der Waals surface area contributed by atoms with Gasteiger partial charge in [0.15, 0.2) is 5.65 Å². The number of pyridine rings is 1. The molecular weight excluding hydrogens is 382 g/mol. The minimum Gasteiger partial charge on any atom is -0.497 e. The molecule has 0 spiro atoms. The van der Waals surface area contributed by atoms with Gasteiger partial charge in [-0.2, -0.15) is 5.10 Å². The summed E-state index contributed by atoms with van der Waals surface area (Å²) in [5.74, 6) is 0.807. The number of hydrogen-bond acceptors (Lipinski definition) is 5. The third-order valence-corrected chi connectivity index (χ3v) is 5.23. The molecule has 1 aromatic carbocycles. The van der Waals surface area contributed by atoms with Crippen molar-refractivity contribution in [2.45, 2.75) is 6.54 Å². The molecule has 0 unspecified atom stereocenters. The average molecular weight is 402 g/mol. The highest BCUT2D eigenvalue weighted by Crippen LogP contribution is 2.33. The number of fused-ring (bicyclic) bond motifs is 1. The number of hydrogen-bond donors (Lipinski definition) is 1.